The predicted molar refractivity (Wildman–Crippen MR) is 146 cm³/mol. The molecule has 3 aromatic rings. The van der Waals surface area contributed by atoms with Crippen LogP contribution in [0, 0.1) is 17.6 Å². The summed E-state index contributed by atoms with van der Waals surface area (Å²) in [5.41, 5.74) is 1.23. The number of benzene rings is 2. The van der Waals surface area contributed by atoms with E-state index in [1.165, 1.54) is 6.42 Å². The molecule has 0 spiro atoms. The van der Waals surface area contributed by atoms with E-state index in [4.69, 9.17) is 28.2 Å². The molecule has 1 heterocycles. The van der Waals surface area contributed by atoms with E-state index in [0.717, 1.165) is 69.9 Å². The Morgan fingerprint density at radius 2 is 1.63 bits per heavy atom. The van der Waals surface area contributed by atoms with E-state index in [2.05, 4.69) is 5.32 Å². The summed E-state index contributed by atoms with van der Waals surface area (Å²) >= 11 is 12.4. The number of fused-ring (bicyclic) bond motifs is 1. The van der Waals surface area contributed by atoms with Crippen LogP contribution in [-0.2, 0) is 4.79 Å². The molecule has 2 fully saturated rings. The van der Waals surface area contributed by atoms with Gasteiger partial charge in [0, 0.05) is 18.2 Å². The zero-order valence-corrected chi connectivity index (χ0v) is 22.7. The second kappa shape index (κ2) is 11.9. The molecular weight excluding hydrogens is 531 g/mol. The Balaban J connectivity index is 1.67. The summed E-state index contributed by atoms with van der Waals surface area (Å²) in [7, 11) is 0. The number of imidazole rings is 1. The lowest BCUT2D eigenvalue weighted by molar-refractivity contribution is -0.127. The monoisotopic (exact) mass is 563 g/mol. The fourth-order valence-electron chi connectivity index (χ4n) is 6.24. The number of amides is 1. The third-order valence-electron chi connectivity index (χ3n) is 8.19. The average Bonchev–Trinajstić information content (AvgIpc) is 3.25. The van der Waals surface area contributed by atoms with Crippen LogP contribution in [0.25, 0.3) is 11.0 Å². The fraction of sp³-hybridized carbons (Fsp3) is 0.517. The molecule has 2 aromatic carbocycles. The molecule has 2 atom stereocenters. The molecular formula is C29H33Cl2F2N3O2. The number of aromatic nitrogens is 2. The van der Waals surface area contributed by atoms with Crippen molar-refractivity contribution in [3.8, 4) is 0 Å². The van der Waals surface area contributed by atoms with E-state index in [1.54, 1.807) is 22.8 Å². The van der Waals surface area contributed by atoms with Crippen molar-refractivity contribution < 1.29 is 18.7 Å². The highest BCUT2D eigenvalue weighted by Crippen LogP contribution is 2.40. The number of nitrogens with zero attached hydrogens (tertiary/aromatic N) is 2. The fourth-order valence-corrected chi connectivity index (χ4v) is 6.54. The van der Waals surface area contributed by atoms with Gasteiger partial charge in [0.1, 0.15) is 11.9 Å². The number of halogens is 4. The first-order valence-corrected chi connectivity index (χ1v) is 14.4. The van der Waals surface area contributed by atoms with Gasteiger partial charge in [0.15, 0.2) is 11.6 Å². The number of carbonyl (C=O) groups is 1. The number of nitrogens with one attached hydrogen (secondary N) is 1. The van der Waals surface area contributed by atoms with Gasteiger partial charge in [-0.1, -0.05) is 67.8 Å². The largest absolute Gasteiger partial charge is 0.395 e. The quantitative estimate of drug-likeness (QED) is 0.316. The molecule has 1 aromatic heterocycles. The van der Waals surface area contributed by atoms with E-state index >= 15 is 0 Å². The molecule has 0 radical (unpaired) electrons. The molecule has 5 nitrogen and oxygen atoms in total. The van der Waals surface area contributed by atoms with Crippen molar-refractivity contribution in [1.29, 1.82) is 0 Å². The second-order valence-electron chi connectivity index (χ2n) is 10.7. The summed E-state index contributed by atoms with van der Waals surface area (Å²) in [6, 6.07) is 6.66. The van der Waals surface area contributed by atoms with Gasteiger partial charge in [0.25, 0.3) is 0 Å². The van der Waals surface area contributed by atoms with Gasteiger partial charge < -0.3 is 15.0 Å². The number of carbonyl (C=O) groups excluding carboxylic acids is 1. The zero-order chi connectivity index (χ0) is 26.8. The van der Waals surface area contributed by atoms with Gasteiger partial charge in [0.05, 0.1) is 33.6 Å². The Kier molecular flexibility index (Phi) is 8.56. The van der Waals surface area contributed by atoms with Crippen LogP contribution in [0.5, 0.6) is 0 Å². The minimum Gasteiger partial charge on any atom is -0.395 e. The molecule has 0 saturated heterocycles. The van der Waals surface area contributed by atoms with Gasteiger partial charge in [-0.3, -0.25) is 4.79 Å². The van der Waals surface area contributed by atoms with Crippen LogP contribution in [0.4, 0.5) is 8.78 Å². The molecule has 2 N–H and O–H groups in total. The number of aliphatic hydroxyl groups is 1. The van der Waals surface area contributed by atoms with Gasteiger partial charge in [0.2, 0.25) is 5.91 Å². The van der Waals surface area contributed by atoms with E-state index in [0.29, 0.717) is 26.9 Å². The van der Waals surface area contributed by atoms with Crippen LogP contribution < -0.4 is 5.32 Å². The molecule has 2 saturated carbocycles. The van der Waals surface area contributed by atoms with Gasteiger partial charge in [-0.15, -0.1) is 0 Å². The maximum absolute atomic E-state index is 14.6. The minimum atomic E-state index is -1.01. The molecule has 0 aliphatic heterocycles. The Morgan fingerprint density at radius 1 is 0.974 bits per heavy atom. The molecule has 0 bridgehead atoms. The summed E-state index contributed by atoms with van der Waals surface area (Å²) in [5.74, 6) is -2.44. The van der Waals surface area contributed by atoms with Gasteiger partial charge in [-0.05, 0) is 49.3 Å². The number of hydrogen-bond donors (Lipinski definition) is 2. The van der Waals surface area contributed by atoms with Crippen LogP contribution >= 0.6 is 23.2 Å². The number of aliphatic hydroxyl groups excluding tert-OH is 1. The maximum atomic E-state index is 14.6. The van der Waals surface area contributed by atoms with Crippen LogP contribution in [0.1, 0.15) is 87.6 Å². The second-order valence-corrected chi connectivity index (χ2v) is 11.5. The highest BCUT2D eigenvalue weighted by molar-refractivity contribution is 6.42. The molecule has 204 valence electrons. The Bertz CT molecular complexity index is 1300. The lowest BCUT2D eigenvalue weighted by atomic mass is 9.82. The van der Waals surface area contributed by atoms with Gasteiger partial charge in [-0.2, -0.15) is 0 Å². The zero-order valence-electron chi connectivity index (χ0n) is 21.2. The first-order chi connectivity index (χ1) is 18.4. The van der Waals surface area contributed by atoms with Crippen LogP contribution in [0.3, 0.4) is 0 Å². The maximum Gasteiger partial charge on any atom is 0.243 e. The Morgan fingerprint density at radius 3 is 2.29 bits per heavy atom. The molecule has 1 amide bonds. The van der Waals surface area contributed by atoms with Crippen molar-refractivity contribution >= 4 is 40.1 Å². The molecule has 2 aliphatic rings. The third kappa shape index (κ3) is 5.56. The first kappa shape index (κ1) is 27.4. The normalized spacial score (nSPS) is 19.0. The lowest BCUT2D eigenvalue weighted by Crippen LogP contribution is -2.44. The van der Waals surface area contributed by atoms with Crippen LogP contribution in [-0.4, -0.2) is 33.2 Å². The van der Waals surface area contributed by atoms with Crippen molar-refractivity contribution in [2.45, 2.75) is 82.2 Å². The van der Waals surface area contributed by atoms with E-state index in [-0.39, 0.29) is 30.0 Å². The van der Waals surface area contributed by atoms with Crippen LogP contribution in [0.2, 0.25) is 10.0 Å². The third-order valence-corrected chi connectivity index (χ3v) is 8.93. The predicted octanol–water partition coefficient (Wildman–Crippen LogP) is 7.32. The lowest BCUT2D eigenvalue weighted by Gasteiger charge is -2.34. The number of rotatable bonds is 7. The highest BCUT2D eigenvalue weighted by Gasteiger charge is 2.37. The summed E-state index contributed by atoms with van der Waals surface area (Å²) in [5, 5.41) is 14.5. The number of hydrogen-bond acceptors (Lipinski definition) is 3. The highest BCUT2D eigenvalue weighted by atomic mass is 35.5. The van der Waals surface area contributed by atoms with Gasteiger partial charge in [-0.25, -0.2) is 13.8 Å². The average molecular weight is 565 g/mol. The van der Waals surface area contributed by atoms with Crippen molar-refractivity contribution in [1.82, 2.24) is 14.9 Å². The summed E-state index contributed by atoms with van der Waals surface area (Å²) in [6.45, 7) is -0.339. The van der Waals surface area contributed by atoms with Crippen LogP contribution in [0.15, 0.2) is 30.3 Å². The van der Waals surface area contributed by atoms with E-state index in [9.17, 15) is 18.7 Å². The molecule has 2 unspecified atom stereocenters. The van der Waals surface area contributed by atoms with Crippen molar-refractivity contribution in [3.05, 3.63) is 63.4 Å². The standard InChI is InChI=1S/C29H33Cl2F2N3O2/c30-21-12-11-18(13-22(21)31)20(16-37)28-35-25-14-23(32)24(33)15-26(25)36(28)27(17-7-3-1-4-8-17)29(38)34-19-9-5-2-6-10-19/h11-15,17,19-20,27,37H,1-10,16H2,(H,34,38). The van der Waals surface area contributed by atoms with E-state index < -0.39 is 23.6 Å². The van der Waals surface area contributed by atoms with Crippen molar-refractivity contribution in [2.24, 2.45) is 5.92 Å². The molecule has 9 heteroatoms. The SMILES string of the molecule is O=C(NC1CCCCC1)C(C1CCCCC1)n1c(C(CO)c2ccc(Cl)c(Cl)c2)nc2cc(F)c(F)cc21. The van der Waals surface area contributed by atoms with Crippen molar-refractivity contribution in [3.63, 3.8) is 0 Å². The summed E-state index contributed by atoms with van der Waals surface area (Å²) < 4.78 is 30.7. The summed E-state index contributed by atoms with van der Waals surface area (Å²) in [4.78, 5) is 18.8. The Labute approximate surface area is 231 Å². The Hall–Kier alpha value is -2.22. The molecule has 38 heavy (non-hydrogen) atoms. The van der Waals surface area contributed by atoms with Gasteiger partial charge >= 0.3 is 0 Å². The van der Waals surface area contributed by atoms with E-state index in [1.807, 2.05) is 0 Å². The molecule has 2 aliphatic carbocycles. The van der Waals surface area contributed by atoms with Crippen molar-refractivity contribution in [2.75, 3.05) is 6.61 Å². The molecule has 5 rings (SSSR count). The topological polar surface area (TPSA) is 67.2 Å². The summed E-state index contributed by atoms with van der Waals surface area (Å²) in [6.07, 6.45) is 9.99. The smallest absolute Gasteiger partial charge is 0.243 e. The first-order valence-electron chi connectivity index (χ1n) is 13.6. The minimum absolute atomic E-state index is 0.00440.